The van der Waals surface area contributed by atoms with Crippen molar-refractivity contribution < 1.29 is 19.1 Å². The second kappa shape index (κ2) is 9.43. The Kier molecular flexibility index (Phi) is 6.72. The number of hydrogen-bond acceptors (Lipinski definition) is 7. The molecule has 1 aromatic rings. The van der Waals surface area contributed by atoms with Crippen molar-refractivity contribution >= 4 is 29.7 Å². The molecule has 2 N–H and O–H groups in total. The molecular weight excluding hydrogens is 362 g/mol. The molecule has 4 amide bonds. The number of aliphatic imine (C=N–C) groups is 1. The largest absolute Gasteiger partial charge is 0.492 e. The lowest BCUT2D eigenvalue weighted by molar-refractivity contribution is -0.131. The zero-order valence-electron chi connectivity index (χ0n) is 15.9. The molecule has 0 aromatic heterocycles. The molecule has 2 heterocycles. The Morgan fingerprint density at radius 3 is 2.71 bits per heavy atom. The van der Waals surface area contributed by atoms with Gasteiger partial charge in [-0.05, 0) is 19.1 Å². The van der Waals surface area contributed by atoms with Crippen LogP contribution in [0.15, 0.2) is 29.3 Å². The average Bonchev–Trinajstić information content (AvgIpc) is 2.69. The molecule has 1 atom stereocenters. The third-order valence-electron chi connectivity index (χ3n) is 4.62. The van der Waals surface area contributed by atoms with Crippen molar-refractivity contribution in [3.63, 3.8) is 0 Å². The molecule has 3 rings (SSSR count). The summed E-state index contributed by atoms with van der Waals surface area (Å²) in [5.41, 5.74) is 0.304. The Bertz CT molecular complexity index is 760. The molecule has 1 aromatic carbocycles. The van der Waals surface area contributed by atoms with Crippen molar-refractivity contribution in [2.75, 3.05) is 50.8 Å². The summed E-state index contributed by atoms with van der Waals surface area (Å²) in [6, 6.07) is 5.95. The summed E-state index contributed by atoms with van der Waals surface area (Å²) in [6.45, 7) is 7.25. The summed E-state index contributed by atoms with van der Waals surface area (Å²) in [6.07, 6.45) is 1.34. The first kappa shape index (κ1) is 20.0. The van der Waals surface area contributed by atoms with Crippen LogP contribution < -0.4 is 20.3 Å². The number of carbonyl (C=O) groups is 3. The SMILES string of the molecule is CCOc1ccccc1N1C(=O)NC(=O)[C@@H](C=NCCN2CCNCC2)C1=O. The molecule has 0 saturated carbocycles. The number of piperazine rings is 1. The summed E-state index contributed by atoms with van der Waals surface area (Å²) in [4.78, 5) is 44.8. The Labute approximate surface area is 163 Å². The topological polar surface area (TPSA) is 103 Å². The van der Waals surface area contributed by atoms with E-state index in [1.165, 1.54) is 6.21 Å². The first-order chi connectivity index (χ1) is 13.6. The monoisotopic (exact) mass is 387 g/mol. The van der Waals surface area contributed by atoms with Gasteiger partial charge in [0.05, 0.1) is 18.8 Å². The zero-order valence-corrected chi connectivity index (χ0v) is 15.9. The Morgan fingerprint density at radius 1 is 1.21 bits per heavy atom. The van der Waals surface area contributed by atoms with E-state index in [1.807, 2.05) is 6.92 Å². The van der Waals surface area contributed by atoms with E-state index in [0.29, 0.717) is 24.6 Å². The number of imide groups is 2. The molecule has 0 aliphatic carbocycles. The number of para-hydroxylation sites is 2. The van der Waals surface area contributed by atoms with Crippen molar-refractivity contribution in [2.24, 2.45) is 10.9 Å². The van der Waals surface area contributed by atoms with Gasteiger partial charge in [-0.3, -0.25) is 24.8 Å². The number of carbonyl (C=O) groups excluding carboxylic acids is 3. The summed E-state index contributed by atoms with van der Waals surface area (Å²) in [5, 5.41) is 5.51. The third-order valence-corrected chi connectivity index (χ3v) is 4.62. The normalized spacial score (nSPS) is 21.2. The van der Waals surface area contributed by atoms with E-state index in [4.69, 9.17) is 4.74 Å². The van der Waals surface area contributed by atoms with Crippen molar-refractivity contribution in [1.82, 2.24) is 15.5 Å². The minimum atomic E-state index is -1.14. The van der Waals surface area contributed by atoms with Crippen molar-refractivity contribution in [3.05, 3.63) is 24.3 Å². The summed E-state index contributed by atoms with van der Waals surface area (Å²) in [5.74, 6) is -2.04. The number of amides is 4. The molecule has 2 saturated heterocycles. The van der Waals surface area contributed by atoms with Gasteiger partial charge in [-0.25, -0.2) is 9.69 Å². The van der Waals surface area contributed by atoms with Gasteiger partial charge < -0.3 is 10.1 Å². The van der Waals surface area contributed by atoms with Crippen LogP contribution in [0, 0.1) is 5.92 Å². The molecule has 150 valence electrons. The number of rotatable bonds is 7. The zero-order chi connectivity index (χ0) is 19.9. The number of nitrogens with zero attached hydrogens (tertiary/aromatic N) is 3. The maximum absolute atomic E-state index is 12.9. The van der Waals surface area contributed by atoms with Crippen molar-refractivity contribution in [3.8, 4) is 5.75 Å². The molecule has 2 fully saturated rings. The van der Waals surface area contributed by atoms with Crippen LogP contribution in [0.1, 0.15) is 6.92 Å². The maximum atomic E-state index is 12.9. The Morgan fingerprint density at radius 2 is 1.96 bits per heavy atom. The molecule has 0 radical (unpaired) electrons. The van der Waals surface area contributed by atoms with Crippen LogP contribution in [-0.2, 0) is 9.59 Å². The van der Waals surface area contributed by atoms with Crippen LogP contribution in [0.5, 0.6) is 5.75 Å². The maximum Gasteiger partial charge on any atom is 0.335 e. The van der Waals surface area contributed by atoms with Crippen LogP contribution in [0.3, 0.4) is 0 Å². The van der Waals surface area contributed by atoms with Gasteiger partial charge in [-0.15, -0.1) is 0 Å². The van der Waals surface area contributed by atoms with Gasteiger partial charge in [0.15, 0.2) is 5.92 Å². The van der Waals surface area contributed by atoms with Gasteiger partial charge >= 0.3 is 6.03 Å². The lowest BCUT2D eigenvalue weighted by atomic mass is 10.1. The Hall–Kier alpha value is -2.78. The first-order valence-electron chi connectivity index (χ1n) is 9.45. The van der Waals surface area contributed by atoms with E-state index in [2.05, 4.69) is 20.5 Å². The number of barbiturate groups is 1. The number of nitrogens with one attached hydrogen (secondary N) is 2. The molecule has 28 heavy (non-hydrogen) atoms. The van der Waals surface area contributed by atoms with Crippen LogP contribution in [-0.4, -0.2) is 74.8 Å². The molecule has 0 unspecified atom stereocenters. The van der Waals surface area contributed by atoms with E-state index < -0.39 is 23.8 Å². The quantitative estimate of drug-likeness (QED) is 0.514. The van der Waals surface area contributed by atoms with E-state index in [1.54, 1.807) is 24.3 Å². The summed E-state index contributed by atoms with van der Waals surface area (Å²) >= 11 is 0. The van der Waals surface area contributed by atoms with Crippen LogP contribution >= 0.6 is 0 Å². The smallest absolute Gasteiger partial charge is 0.335 e. The summed E-state index contributed by atoms with van der Waals surface area (Å²) < 4.78 is 5.51. The fraction of sp³-hybridized carbons (Fsp3) is 0.474. The lowest BCUT2D eigenvalue weighted by Crippen LogP contribution is -2.58. The minimum absolute atomic E-state index is 0.304. The highest BCUT2D eigenvalue weighted by Gasteiger charge is 2.41. The van der Waals surface area contributed by atoms with Crippen LogP contribution in [0.2, 0.25) is 0 Å². The van der Waals surface area contributed by atoms with E-state index >= 15 is 0 Å². The third kappa shape index (κ3) is 4.55. The highest BCUT2D eigenvalue weighted by Crippen LogP contribution is 2.30. The highest BCUT2D eigenvalue weighted by molar-refractivity contribution is 6.32. The molecule has 0 bridgehead atoms. The van der Waals surface area contributed by atoms with Gasteiger partial charge in [0.25, 0.3) is 5.91 Å². The fourth-order valence-electron chi connectivity index (χ4n) is 3.18. The number of urea groups is 1. The standard InChI is InChI=1S/C19H25N5O4/c1-2-28-16-6-4-3-5-15(16)24-18(26)14(17(25)22-19(24)27)13-21-9-12-23-10-7-20-8-11-23/h3-6,13-14,20H,2,7-12H2,1H3,(H,22,25,27)/t14-/m1/s1. The second-order valence-electron chi connectivity index (χ2n) is 6.49. The van der Waals surface area contributed by atoms with E-state index in [9.17, 15) is 14.4 Å². The predicted molar refractivity (Wildman–Crippen MR) is 105 cm³/mol. The van der Waals surface area contributed by atoms with Crippen molar-refractivity contribution in [1.29, 1.82) is 0 Å². The highest BCUT2D eigenvalue weighted by atomic mass is 16.5. The van der Waals surface area contributed by atoms with Gasteiger partial charge in [0, 0.05) is 38.9 Å². The van der Waals surface area contributed by atoms with Crippen molar-refractivity contribution in [2.45, 2.75) is 6.92 Å². The number of hydrogen-bond donors (Lipinski definition) is 2. The number of ether oxygens (including phenoxy) is 1. The fourth-order valence-corrected chi connectivity index (χ4v) is 3.18. The molecule has 2 aliphatic heterocycles. The van der Waals surface area contributed by atoms with Gasteiger partial charge in [0.2, 0.25) is 5.91 Å². The Balaban J connectivity index is 1.70. The second-order valence-corrected chi connectivity index (χ2v) is 6.49. The first-order valence-corrected chi connectivity index (χ1v) is 9.45. The number of anilines is 1. The van der Waals surface area contributed by atoms with E-state index in [-0.39, 0.29) is 0 Å². The molecule has 9 nitrogen and oxygen atoms in total. The van der Waals surface area contributed by atoms with Gasteiger partial charge in [-0.1, -0.05) is 12.1 Å². The minimum Gasteiger partial charge on any atom is -0.492 e. The van der Waals surface area contributed by atoms with Crippen LogP contribution in [0.4, 0.5) is 10.5 Å². The molecule has 9 heteroatoms. The van der Waals surface area contributed by atoms with Crippen LogP contribution in [0.25, 0.3) is 0 Å². The molecule has 2 aliphatic rings. The average molecular weight is 387 g/mol. The number of benzene rings is 1. The predicted octanol–water partition coefficient (Wildman–Crippen LogP) is 0.260. The summed E-state index contributed by atoms with van der Waals surface area (Å²) in [7, 11) is 0. The van der Waals surface area contributed by atoms with Gasteiger partial charge in [-0.2, -0.15) is 0 Å². The lowest BCUT2D eigenvalue weighted by Gasteiger charge is -2.29. The van der Waals surface area contributed by atoms with E-state index in [0.717, 1.165) is 37.6 Å². The van der Waals surface area contributed by atoms with Gasteiger partial charge in [0.1, 0.15) is 5.75 Å². The molecule has 0 spiro atoms. The molecular formula is C19H25N5O4.